The maximum absolute atomic E-state index is 11.6. The number of rotatable bonds is 5. The third-order valence-corrected chi connectivity index (χ3v) is 4.12. The fourth-order valence-corrected chi connectivity index (χ4v) is 2.89. The maximum atomic E-state index is 11.6. The number of carboxylic acid groups (broad SMARTS) is 1. The lowest BCUT2D eigenvalue weighted by Gasteiger charge is -2.17. The molecule has 126 valence electrons. The summed E-state index contributed by atoms with van der Waals surface area (Å²) in [6.07, 6.45) is 3.92. The Labute approximate surface area is 137 Å². The Hall–Kier alpha value is -2.90. The minimum atomic E-state index is -1.15. The lowest BCUT2D eigenvalue weighted by atomic mass is 10.1. The number of imide groups is 2. The summed E-state index contributed by atoms with van der Waals surface area (Å²) in [6.45, 7) is -0.180. The van der Waals surface area contributed by atoms with Crippen molar-refractivity contribution in [2.24, 2.45) is 0 Å². The molecule has 1 aliphatic heterocycles. The molecule has 0 aromatic heterocycles. The Balaban J connectivity index is 1.81. The van der Waals surface area contributed by atoms with Gasteiger partial charge in [0.15, 0.2) is 0 Å². The minimum absolute atomic E-state index is 0.0116. The summed E-state index contributed by atoms with van der Waals surface area (Å²) in [5.41, 5.74) is 0.391. The number of aromatic carboxylic acids is 1. The van der Waals surface area contributed by atoms with Gasteiger partial charge in [-0.2, -0.15) is 0 Å². The topological polar surface area (TPSA) is 113 Å². The van der Waals surface area contributed by atoms with Gasteiger partial charge in [0.25, 0.3) is 0 Å². The molecule has 1 aliphatic carbocycles. The summed E-state index contributed by atoms with van der Waals surface area (Å²) in [5, 5.41) is 11.3. The third-order valence-electron chi connectivity index (χ3n) is 4.12. The van der Waals surface area contributed by atoms with Crippen LogP contribution in [-0.2, 0) is 16.1 Å². The van der Waals surface area contributed by atoms with Gasteiger partial charge >= 0.3 is 23.8 Å². The molecule has 1 saturated heterocycles. The summed E-state index contributed by atoms with van der Waals surface area (Å²) < 4.78 is 5.76. The highest BCUT2D eigenvalue weighted by molar-refractivity contribution is 6.44. The number of carbonyl (C=O) groups is 4. The van der Waals surface area contributed by atoms with E-state index in [1.54, 1.807) is 6.07 Å². The molecule has 3 rings (SSSR count). The molecule has 2 fully saturated rings. The average Bonchev–Trinajstić information content (AvgIpc) is 3.12. The first-order valence-electron chi connectivity index (χ1n) is 7.65. The number of hydrogen-bond donors (Lipinski definition) is 2. The molecule has 0 unspecified atom stereocenters. The van der Waals surface area contributed by atoms with E-state index < -0.39 is 23.8 Å². The Morgan fingerprint density at radius 1 is 1.25 bits per heavy atom. The molecule has 0 atom stereocenters. The number of urea groups is 1. The van der Waals surface area contributed by atoms with E-state index >= 15 is 0 Å². The molecule has 8 nitrogen and oxygen atoms in total. The third kappa shape index (κ3) is 3.08. The van der Waals surface area contributed by atoms with E-state index in [4.69, 9.17) is 4.74 Å². The number of ether oxygens (including phenoxy) is 1. The van der Waals surface area contributed by atoms with Crippen molar-refractivity contribution in [3.8, 4) is 5.75 Å². The van der Waals surface area contributed by atoms with Crippen LogP contribution in [0.2, 0.25) is 0 Å². The monoisotopic (exact) mass is 332 g/mol. The van der Waals surface area contributed by atoms with E-state index in [-0.39, 0.29) is 24.0 Å². The van der Waals surface area contributed by atoms with Crippen molar-refractivity contribution in [3.63, 3.8) is 0 Å². The predicted octanol–water partition coefficient (Wildman–Crippen LogP) is 1.28. The normalized spacial score (nSPS) is 18.2. The Morgan fingerprint density at radius 3 is 2.54 bits per heavy atom. The van der Waals surface area contributed by atoms with Gasteiger partial charge in [0.05, 0.1) is 12.6 Å². The van der Waals surface area contributed by atoms with E-state index in [0.29, 0.717) is 5.56 Å². The zero-order chi connectivity index (χ0) is 17.3. The van der Waals surface area contributed by atoms with Crippen molar-refractivity contribution in [2.45, 2.75) is 38.3 Å². The highest BCUT2D eigenvalue weighted by Gasteiger charge is 2.36. The lowest BCUT2D eigenvalue weighted by Crippen LogP contribution is -2.30. The van der Waals surface area contributed by atoms with Gasteiger partial charge in [-0.05, 0) is 43.4 Å². The fourth-order valence-electron chi connectivity index (χ4n) is 2.89. The molecule has 1 saturated carbocycles. The zero-order valence-corrected chi connectivity index (χ0v) is 12.8. The maximum Gasteiger partial charge on any atom is 0.339 e. The molecule has 0 spiro atoms. The number of amides is 4. The molecule has 24 heavy (non-hydrogen) atoms. The predicted molar refractivity (Wildman–Crippen MR) is 80.4 cm³/mol. The summed E-state index contributed by atoms with van der Waals surface area (Å²) in [6, 6.07) is 3.65. The quantitative estimate of drug-likeness (QED) is 0.620. The second kappa shape index (κ2) is 6.31. The smallest absolute Gasteiger partial charge is 0.339 e. The van der Waals surface area contributed by atoms with Crippen LogP contribution in [0.15, 0.2) is 18.2 Å². The van der Waals surface area contributed by atoms with Crippen molar-refractivity contribution in [1.29, 1.82) is 0 Å². The van der Waals surface area contributed by atoms with Crippen LogP contribution in [0.1, 0.15) is 41.6 Å². The molecule has 2 aliphatic rings. The van der Waals surface area contributed by atoms with Crippen molar-refractivity contribution in [1.82, 2.24) is 10.2 Å². The van der Waals surface area contributed by atoms with Crippen LogP contribution >= 0.6 is 0 Å². The van der Waals surface area contributed by atoms with Crippen LogP contribution in [0.5, 0.6) is 5.75 Å². The van der Waals surface area contributed by atoms with Gasteiger partial charge in [-0.25, -0.2) is 9.59 Å². The lowest BCUT2D eigenvalue weighted by molar-refractivity contribution is -0.140. The van der Waals surface area contributed by atoms with Crippen molar-refractivity contribution >= 4 is 23.8 Å². The van der Waals surface area contributed by atoms with Gasteiger partial charge in [-0.1, -0.05) is 6.07 Å². The number of carboxylic acids is 1. The molecule has 0 radical (unpaired) electrons. The molecule has 4 amide bonds. The van der Waals surface area contributed by atoms with E-state index in [1.807, 2.05) is 5.32 Å². The fraction of sp³-hybridized carbons (Fsp3) is 0.375. The van der Waals surface area contributed by atoms with Gasteiger partial charge in [0.2, 0.25) is 0 Å². The molecule has 2 N–H and O–H groups in total. The Morgan fingerprint density at radius 2 is 1.96 bits per heavy atom. The first-order chi connectivity index (χ1) is 11.5. The first-order valence-corrected chi connectivity index (χ1v) is 7.65. The molecule has 1 aromatic carbocycles. The summed E-state index contributed by atoms with van der Waals surface area (Å²) in [7, 11) is 0. The summed E-state index contributed by atoms with van der Waals surface area (Å²) >= 11 is 0. The van der Waals surface area contributed by atoms with Crippen molar-refractivity contribution in [2.75, 3.05) is 0 Å². The number of nitrogens with one attached hydrogen (secondary N) is 1. The van der Waals surface area contributed by atoms with Crippen LogP contribution in [0, 0.1) is 0 Å². The largest absolute Gasteiger partial charge is 0.490 e. The van der Waals surface area contributed by atoms with Gasteiger partial charge in [-0.3, -0.25) is 19.8 Å². The van der Waals surface area contributed by atoms with Gasteiger partial charge < -0.3 is 9.84 Å². The van der Waals surface area contributed by atoms with Crippen LogP contribution in [0.25, 0.3) is 0 Å². The molecular formula is C16H16N2O6. The van der Waals surface area contributed by atoms with Crippen molar-refractivity contribution < 1.29 is 29.0 Å². The SMILES string of the molecule is O=C1NC(=O)N(Cc2ccc(OC3CCCC3)c(C(=O)O)c2)C1=O. The molecule has 8 heteroatoms. The summed E-state index contributed by atoms with van der Waals surface area (Å²) in [5.74, 6) is -2.83. The van der Waals surface area contributed by atoms with Gasteiger partial charge in [0.1, 0.15) is 11.3 Å². The van der Waals surface area contributed by atoms with Crippen LogP contribution < -0.4 is 10.1 Å². The highest BCUT2D eigenvalue weighted by atomic mass is 16.5. The second-order valence-corrected chi connectivity index (χ2v) is 5.81. The van der Waals surface area contributed by atoms with Crippen molar-refractivity contribution in [3.05, 3.63) is 29.3 Å². The first kappa shape index (κ1) is 16.0. The second-order valence-electron chi connectivity index (χ2n) is 5.81. The average molecular weight is 332 g/mol. The van der Waals surface area contributed by atoms with E-state index in [0.717, 1.165) is 30.6 Å². The molecule has 1 heterocycles. The highest BCUT2D eigenvalue weighted by Crippen LogP contribution is 2.28. The van der Waals surface area contributed by atoms with Crippen LogP contribution in [0.4, 0.5) is 4.79 Å². The number of nitrogens with zero attached hydrogens (tertiary/aromatic N) is 1. The molecular weight excluding hydrogens is 316 g/mol. The minimum Gasteiger partial charge on any atom is -0.490 e. The Bertz CT molecular complexity index is 723. The molecule has 0 bridgehead atoms. The van der Waals surface area contributed by atoms with Crippen LogP contribution in [-0.4, -0.2) is 39.9 Å². The number of benzene rings is 1. The number of hydrogen-bond acceptors (Lipinski definition) is 5. The van der Waals surface area contributed by atoms with Gasteiger partial charge in [-0.15, -0.1) is 0 Å². The van der Waals surface area contributed by atoms with Crippen LogP contribution in [0.3, 0.4) is 0 Å². The zero-order valence-electron chi connectivity index (χ0n) is 12.8. The van der Waals surface area contributed by atoms with E-state index in [2.05, 4.69) is 0 Å². The van der Waals surface area contributed by atoms with E-state index in [1.165, 1.54) is 12.1 Å². The molecule has 1 aromatic rings. The Kier molecular flexibility index (Phi) is 4.20. The standard InChI is InChI=1S/C16H16N2O6/c19-13-14(20)18(16(23)17-13)8-9-5-6-12(11(7-9)15(21)22)24-10-3-1-2-4-10/h5-7,10H,1-4,8H2,(H,21,22)(H,17,19,23). The van der Waals surface area contributed by atoms with Gasteiger partial charge in [0, 0.05) is 0 Å². The number of carbonyl (C=O) groups excluding carboxylic acids is 3. The van der Waals surface area contributed by atoms with E-state index in [9.17, 15) is 24.3 Å². The summed E-state index contributed by atoms with van der Waals surface area (Å²) in [4.78, 5) is 46.5.